The number of aliphatic carboxylic acids is 1. The second-order valence-corrected chi connectivity index (χ2v) is 6.38. The number of nitriles is 1. The Morgan fingerprint density at radius 2 is 1.96 bits per heavy atom. The number of amides is 1. The maximum atomic E-state index is 13.1. The van der Waals surface area contributed by atoms with Gasteiger partial charge in [0.05, 0.1) is 5.56 Å². The van der Waals surface area contributed by atoms with Gasteiger partial charge in [-0.25, -0.2) is 4.39 Å². The van der Waals surface area contributed by atoms with E-state index in [9.17, 15) is 19.2 Å². The molecule has 7 heteroatoms. The van der Waals surface area contributed by atoms with Crippen LogP contribution in [-0.2, 0) is 9.59 Å². The molecule has 2 rings (SSSR count). The first kappa shape index (κ1) is 17.6. The molecule has 1 amide bonds. The van der Waals surface area contributed by atoms with Crippen LogP contribution < -0.4 is 5.32 Å². The minimum atomic E-state index is -0.953. The van der Waals surface area contributed by atoms with Crippen molar-refractivity contribution in [1.29, 1.82) is 5.26 Å². The zero-order chi connectivity index (χ0) is 17.7. The van der Waals surface area contributed by atoms with Crippen molar-refractivity contribution in [2.75, 3.05) is 5.32 Å². The first-order valence-corrected chi connectivity index (χ1v) is 8.05. The molecule has 0 atom stereocenters. The van der Waals surface area contributed by atoms with Gasteiger partial charge < -0.3 is 10.4 Å². The number of carboxylic acid groups (broad SMARTS) is 1. The van der Waals surface area contributed by atoms with Gasteiger partial charge in [0.25, 0.3) is 0 Å². The number of hydrogen-bond acceptors (Lipinski definition) is 4. The van der Waals surface area contributed by atoms with Crippen molar-refractivity contribution in [3.63, 3.8) is 0 Å². The Labute approximate surface area is 142 Å². The number of thiophene rings is 1. The van der Waals surface area contributed by atoms with E-state index in [2.05, 4.69) is 11.4 Å². The molecule has 24 heavy (non-hydrogen) atoms. The molecule has 0 aliphatic heterocycles. The fourth-order valence-electron chi connectivity index (χ4n) is 2.29. The quantitative estimate of drug-likeness (QED) is 0.829. The van der Waals surface area contributed by atoms with Crippen LogP contribution in [0.15, 0.2) is 24.3 Å². The second-order valence-electron chi connectivity index (χ2n) is 5.15. The summed E-state index contributed by atoms with van der Waals surface area (Å²) in [4.78, 5) is 23.2. The van der Waals surface area contributed by atoms with E-state index in [0.717, 1.165) is 4.88 Å². The van der Waals surface area contributed by atoms with Crippen LogP contribution in [0.3, 0.4) is 0 Å². The maximum Gasteiger partial charge on any atom is 0.303 e. The molecule has 0 bridgehead atoms. The normalized spacial score (nSPS) is 10.2. The Balaban J connectivity index is 2.22. The number of anilines is 1. The Kier molecular flexibility index (Phi) is 5.66. The van der Waals surface area contributed by atoms with Crippen LogP contribution >= 0.6 is 11.3 Å². The largest absolute Gasteiger partial charge is 0.481 e. The van der Waals surface area contributed by atoms with Gasteiger partial charge in [-0.05, 0) is 31.0 Å². The lowest BCUT2D eigenvalue weighted by Crippen LogP contribution is -2.11. The summed E-state index contributed by atoms with van der Waals surface area (Å²) in [6.45, 7) is 1.82. The van der Waals surface area contributed by atoms with E-state index in [-0.39, 0.29) is 31.0 Å². The highest BCUT2D eigenvalue weighted by Crippen LogP contribution is 2.39. The Hall–Kier alpha value is -2.72. The van der Waals surface area contributed by atoms with E-state index in [1.54, 1.807) is 12.1 Å². The van der Waals surface area contributed by atoms with Gasteiger partial charge in [-0.2, -0.15) is 5.26 Å². The lowest BCUT2D eigenvalue weighted by atomic mass is 10.0. The average Bonchev–Trinajstić information content (AvgIpc) is 2.83. The number of rotatable bonds is 6. The molecule has 124 valence electrons. The third kappa shape index (κ3) is 4.18. The number of benzene rings is 1. The van der Waals surface area contributed by atoms with Gasteiger partial charge in [-0.3, -0.25) is 9.59 Å². The van der Waals surface area contributed by atoms with Gasteiger partial charge in [-0.1, -0.05) is 12.1 Å². The van der Waals surface area contributed by atoms with Gasteiger partial charge in [0.2, 0.25) is 5.91 Å². The molecule has 0 fully saturated rings. The predicted octanol–water partition coefficient (Wildman–Crippen LogP) is 3.93. The number of halogens is 1. The summed E-state index contributed by atoms with van der Waals surface area (Å²) < 4.78 is 13.1. The first-order valence-electron chi connectivity index (χ1n) is 7.23. The average molecular weight is 346 g/mol. The van der Waals surface area contributed by atoms with Crippen LogP contribution in [0.2, 0.25) is 0 Å². The molecule has 0 aliphatic rings. The van der Waals surface area contributed by atoms with E-state index < -0.39 is 5.97 Å². The molecule has 1 aromatic heterocycles. The predicted molar refractivity (Wildman–Crippen MR) is 89.3 cm³/mol. The van der Waals surface area contributed by atoms with Crippen molar-refractivity contribution < 1.29 is 19.1 Å². The zero-order valence-corrected chi connectivity index (χ0v) is 13.7. The molecule has 1 heterocycles. The third-order valence-corrected chi connectivity index (χ3v) is 4.40. The van der Waals surface area contributed by atoms with Crippen molar-refractivity contribution in [2.45, 2.75) is 26.2 Å². The summed E-state index contributed by atoms with van der Waals surface area (Å²) in [5, 5.41) is 21.1. The summed E-state index contributed by atoms with van der Waals surface area (Å²) in [6.07, 6.45) is 0.223. The minimum Gasteiger partial charge on any atom is -0.481 e. The number of nitrogens with one attached hydrogen (secondary N) is 1. The fourth-order valence-corrected chi connectivity index (χ4v) is 3.34. The van der Waals surface area contributed by atoms with Crippen LogP contribution in [0, 0.1) is 24.1 Å². The topological polar surface area (TPSA) is 90.2 Å². The molecule has 2 N–H and O–H groups in total. The molecule has 0 saturated heterocycles. The van der Waals surface area contributed by atoms with Crippen LogP contribution in [0.4, 0.5) is 9.39 Å². The van der Waals surface area contributed by atoms with E-state index in [0.29, 0.717) is 21.7 Å². The molecule has 0 aliphatic carbocycles. The Morgan fingerprint density at radius 3 is 2.54 bits per heavy atom. The minimum absolute atomic E-state index is 0.0694. The van der Waals surface area contributed by atoms with Gasteiger partial charge in [-0.15, -0.1) is 11.3 Å². The van der Waals surface area contributed by atoms with E-state index in [1.165, 1.54) is 23.5 Å². The summed E-state index contributed by atoms with van der Waals surface area (Å²) >= 11 is 1.27. The molecule has 1 aromatic carbocycles. The number of aryl methyl sites for hydroxylation is 1. The van der Waals surface area contributed by atoms with E-state index in [4.69, 9.17) is 5.11 Å². The fraction of sp³-hybridized carbons (Fsp3) is 0.235. The SMILES string of the molecule is Cc1sc(NC(=O)CCCC(=O)O)c(C#N)c1-c1ccc(F)cc1. The Morgan fingerprint density at radius 1 is 1.29 bits per heavy atom. The number of carboxylic acids is 1. The second kappa shape index (κ2) is 7.70. The highest BCUT2D eigenvalue weighted by atomic mass is 32.1. The maximum absolute atomic E-state index is 13.1. The summed E-state index contributed by atoms with van der Waals surface area (Å²) in [5.41, 5.74) is 1.70. The molecule has 0 unspecified atom stereocenters. The third-order valence-electron chi connectivity index (χ3n) is 3.38. The molecule has 0 spiro atoms. The van der Waals surface area contributed by atoms with Crippen molar-refractivity contribution in [3.05, 3.63) is 40.5 Å². The van der Waals surface area contributed by atoms with Crippen molar-refractivity contribution in [2.24, 2.45) is 0 Å². The van der Waals surface area contributed by atoms with E-state index in [1.807, 2.05) is 6.92 Å². The zero-order valence-electron chi connectivity index (χ0n) is 12.9. The van der Waals surface area contributed by atoms with Gasteiger partial charge in [0.15, 0.2) is 0 Å². The molecule has 5 nitrogen and oxygen atoms in total. The molecular weight excluding hydrogens is 331 g/mol. The number of hydrogen-bond donors (Lipinski definition) is 2. The highest BCUT2D eigenvalue weighted by molar-refractivity contribution is 7.17. The smallest absolute Gasteiger partial charge is 0.303 e. The van der Waals surface area contributed by atoms with Crippen LogP contribution in [0.5, 0.6) is 0 Å². The molecular formula is C17H15FN2O3S. The molecule has 2 aromatic rings. The molecule has 0 saturated carbocycles. The lowest BCUT2D eigenvalue weighted by molar-refractivity contribution is -0.137. The van der Waals surface area contributed by atoms with Crippen LogP contribution in [-0.4, -0.2) is 17.0 Å². The number of carbonyl (C=O) groups excluding carboxylic acids is 1. The van der Waals surface area contributed by atoms with Gasteiger partial charge in [0, 0.05) is 23.3 Å². The lowest BCUT2D eigenvalue weighted by Gasteiger charge is -2.04. The highest BCUT2D eigenvalue weighted by Gasteiger charge is 2.19. The van der Waals surface area contributed by atoms with Crippen molar-refractivity contribution in [1.82, 2.24) is 0 Å². The van der Waals surface area contributed by atoms with Crippen molar-refractivity contribution in [3.8, 4) is 17.2 Å². The van der Waals surface area contributed by atoms with Crippen LogP contribution in [0.1, 0.15) is 29.7 Å². The van der Waals surface area contributed by atoms with Gasteiger partial charge in [0.1, 0.15) is 16.9 Å². The summed E-state index contributed by atoms with van der Waals surface area (Å²) in [5.74, 6) is -1.65. The summed E-state index contributed by atoms with van der Waals surface area (Å²) in [7, 11) is 0. The van der Waals surface area contributed by atoms with Crippen molar-refractivity contribution >= 4 is 28.2 Å². The number of carbonyl (C=O) groups is 2. The first-order chi connectivity index (χ1) is 11.4. The summed E-state index contributed by atoms with van der Waals surface area (Å²) in [6, 6.07) is 7.89. The number of nitrogens with zero attached hydrogens (tertiary/aromatic N) is 1. The van der Waals surface area contributed by atoms with E-state index >= 15 is 0 Å². The van der Waals surface area contributed by atoms with Crippen LogP contribution in [0.25, 0.3) is 11.1 Å². The molecule has 0 radical (unpaired) electrons. The van der Waals surface area contributed by atoms with Gasteiger partial charge >= 0.3 is 5.97 Å². The Bertz CT molecular complexity index is 806. The monoisotopic (exact) mass is 346 g/mol. The standard InChI is InChI=1S/C17H15FN2O3S/c1-10-16(11-5-7-12(18)8-6-11)13(9-19)17(24-10)20-14(21)3-2-4-15(22)23/h5-8H,2-4H2,1H3,(H,20,21)(H,22,23).